The predicted molar refractivity (Wildman–Crippen MR) is 97.2 cm³/mol. The lowest BCUT2D eigenvalue weighted by Crippen LogP contribution is -2.49. The van der Waals surface area contributed by atoms with Crippen LogP contribution in [0.2, 0.25) is 0 Å². The highest BCUT2D eigenvalue weighted by Gasteiger charge is 2.32. The summed E-state index contributed by atoms with van der Waals surface area (Å²) in [6.07, 6.45) is -2.91. The zero-order valence-corrected chi connectivity index (χ0v) is 15.2. The van der Waals surface area contributed by atoms with Crippen molar-refractivity contribution < 1.29 is 22.8 Å². The molecule has 6 nitrogen and oxygen atoms in total. The van der Waals surface area contributed by atoms with E-state index in [2.05, 4.69) is 10.3 Å². The average molecular weight is 392 g/mol. The van der Waals surface area contributed by atoms with E-state index in [1.54, 1.807) is 18.3 Å². The number of halogens is 3. The second-order valence-electron chi connectivity index (χ2n) is 6.31. The van der Waals surface area contributed by atoms with Crippen molar-refractivity contribution in [3.05, 3.63) is 59.3 Å². The number of benzene rings is 1. The van der Waals surface area contributed by atoms with Gasteiger partial charge >= 0.3 is 6.18 Å². The van der Waals surface area contributed by atoms with Gasteiger partial charge in [0.1, 0.15) is 5.82 Å². The quantitative estimate of drug-likeness (QED) is 0.872. The Morgan fingerprint density at radius 1 is 1.07 bits per heavy atom. The fraction of sp³-hybridized carbons (Fsp3) is 0.316. The monoisotopic (exact) mass is 392 g/mol. The molecule has 0 saturated carbocycles. The summed E-state index contributed by atoms with van der Waals surface area (Å²) >= 11 is 0. The van der Waals surface area contributed by atoms with Crippen molar-refractivity contribution in [2.45, 2.75) is 6.18 Å². The number of carbonyl (C=O) groups is 2. The zero-order valence-electron chi connectivity index (χ0n) is 15.2. The molecular weight excluding hydrogens is 373 g/mol. The highest BCUT2D eigenvalue weighted by molar-refractivity contribution is 5.99. The SMILES string of the molecule is CNC(=O)c1cccnc1N1CCN(C(=O)c2cccc(C(F)(F)F)c2)CC1. The normalized spacial score (nSPS) is 14.7. The Hall–Kier alpha value is -3.10. The van der Waals surface area contributed by atoms with Crippen LogP contribution in [-0.2, 0) is 6.18 Å². The van der Waals surface area contributed by atoms with E-state index in [-0.39, 0.29) is 11.5 Å². The van der Waals surface area contributed by atoms with Crippen molar-refractivity contribution in [2.75, 3.05) is 38.1 Å². The second kappa shape index (κ2) is 7.87. The van der Waals surface area contributed by atoms with E-state index in [0.29, 0.717) is 37.6 Å². The van der Waals surface area contributed by atoms with Crippen LogP contribution in [0.25, 0.3) is 0 Å². The van der Waals surface area contributed by atoms with Gasteiger partial charge < -0.3 is 15.1 Å². The lowest BCUT2D eigenvalue weighted by molar-refractivity contribution is -0.137. The molecule has 0 aliphatic carbocycles. The van der Waals surface area contributed by atoms with Crippen LogP contribution in [0, 0.1) is 0 Å². The van der Waals surface area contributed by atoms with Gasteiger partial charge in [0.15, 0.2) is 0 Å². The van der Waals surface area contributed by atoms with Gasteiger partial charge in [-0.2, -0.15) is 13.2 Å². The van der Waals surface area contributed by atoms with Crippen LogP contribution in [0.15, 0.2) is 42.6 Å². The number of hydrogen-bond acceptors (Lipinski definition) is 4. The molecule has 9 heteroatoms. The number of piperazine rings is 1. The van der Waals surface area contributed by atoms with Crippen LogP contribution in [0.1, 0.15) is 26.3 Å². The first-order valence-electron chi connectivity index (χ1n) is 8.70. The molecule has 148 valence electrons. The van der Waals surface area contributed by atoms with E-state index >= 15 is 0 Å². The zero-order chi connectivity index (χ0) is 20.3. The number of anilines is 1. The fourth-order valence-corrected chi connectivity index (χ4v) is 3.09. The molecule has 0 spiro atoms. The molecular formula is C19H19F3N4O2. The van der Waals surface area contributed by atoms with Gasteiger partial charge in [0.05, 0.1) is 11.1 Å². The van der Waals surface area contributed by atoms with E-state index in [1.807, 2.05) is 4.90 Å². The van der Waals surface area contributed by atoms with Gasteiger partial charge in [0.25, 0.3) is 11.8 Å². The Morgan fingerprint density at radius 3 is 2.43 bits per heavy atom. The number of alkyl halides is 3. The molecule has 2 heterocycles. The first kappa shape index (κ1) is 19.7. The summed E-state index contributed by atoms with van der Waals surface area (Å²) in [4.78, 5) is 32.3. The van der Waals surface area contributed by atoms with E-state index in [1.165, 1.54) is 24.1 Å². The van der Waals surface area contributed by atoms with Crippen molar-refractivity contribution in [3.8, 4) is 0 Å². The summed E-state index contributed by atoms with van der Waals surface area (Å²) < 4.78 is 38.6. The third-order valence-corrected chi connectivity index (χ3v) is 4.56. The number of carbonyl (C=O) groups excluding carboxylic acids is 2. The largest absolute Gasteiger partial charge is 0.416 e. The average Bonchev–Trinajstić information content (AvgIpc) is 2.72. The van der Waals surface area contributed by atoms with Gasteiger partial charge in [-0.3, -0.25) is 9.59 Å². The van der Waals surface area contributed by atoms with Crippen molar-refractivity contribution in [3.63, 3.8) is 0 Å². The van der Waals surface area contributed by atoms with Gasteiger partial charge in [-0.25, -0.2) is 4.98 Å². The van der Waals surface area contributed by atoms with E-state index in [9.17, 15) is 22.8 Å². The van der Waals surface area contributed by atoms with Gasteiger partial charge in [0, 0.05) is 45.0 Å². The highest BCUT2D eigenvalue weighted by Crippen LogP contribution is 2.30. The topological polar surface area (TPSA) is 65.5 Å². The standard InChI is InChI=1S/C19H19F3N4O2/c1-23-17(27)15-6-3-7-24-16(15)25-8-10-26(11-9-25)18(28)13-4-2-5-14(12-13)19(20,21)22/h2-7,12H,8-11H2,1H3,(H,23,27). The minimum Gasteiger partial charge on any atom is -0.355 e. The lowest BCUT2D eigenvalue weighted by Gasteiger charge is -2.36. The Kier molecular flexibility index (Phi) is 5.53. The molecule has 1 aromatic carbocycles. The number of pyridine rings is 1. The Morgan fingerprint density at radius 2 is 1.79 bits per heavy atom. The molecule has 1 N–H and O–H groups in total. The molecule has 0 radical (unpaired) electrons. The number of nitrogens with zero attached hydrogens (tertiary/aromatic N) is 3. The van der Waals surface area contributed by atoms with Crippen molar-refractivity contribution in [1.29, 1.82) is 0 Å². The van der Waals surface area contributed by atoms with Crippen LogP contribution in [-0.4, -0.2) is 54.9 Å². The number of aromatic nitrogens is 1. The highest BCUT2D eigenvalue weighted by atomic mass is 19.4. The van der Waals surface area contributed by atoms with Crippen LogP contribution in [0.5, 0.6) is 0 Å². The van der Waals surface area contributed by atoms with Gasteiger partial charge in [0.2, 0.25) is 0 Å². The van der Waals surface area contributed by atoms with E-state index in [0.717, 1.165) is 12.1 Å². The fourth-order valence-electron chi connectivity index (χ4n) is 3.09. The molecule has 2 amide bonds. The number of hydrogen-bond donors (Lipinski definition) is 1. The smallest absolute Gasteiger partial charge is 0.355 e. The Bertz CT molecular complexity index is 877. The first-order chi connectivity index (χ1) is 13.3. The molecule has 2 aromatic rings. The maximum Gasteiger partial charge on any atom is 0.416 e. The maximum atomic E-state index is 12.9. The molecule has 0 bridgehead atoms. The summed E-state index contributed by atoms with van der Waals surface area (Å²) in [5.74, 6) is -0.183. The molecule has 1 aliphatic heterocycles. The molecule has 0 unspecified atom stereocenters. The summed E-state index contributed by atoms with van der Waals surface area (Å²) in [5.41, 5.74) is -0.407. The predicted octanol–water partition coefficient (Wildman–Crippen LogP) is 2.42. The lowest BCUT2D eigenvalue weighted by atomic mass is 10.1. The molecule has 28 heavy (non-hydrogen) atoms. The molecule has 1 fully saturated rings. The summed E-state index contributed by atoms with van der Waals surface area (Å²) in [7, 11) is 1.53. The Balaban J connectivity index is 1.71. The van der Waals surface area contributed by atoms with Crippen molar-refractivity contribution >= 4 is 17.6 Å². The minimum absolute atomic E-state index is 0.00663. The first-order valence-corrected chi connectivity index (χ1v) is 8.70. The Labute approximate surface area is 160 Å². The van der Waals surface area contributed by atoms with Gasteiger partial charge in [-0.15, -0.1) is 0 Å². The number of nitrogens with one attached hydrogen (secondary N) is 1. The molecule has 3 rings (SSSR count). The van der Waals surface area contributed by atoms with Crippen LogP contribution in [0.4, 0.5) is 19.0 Å². The minimum atomic E-state index is -4.50. The van der Waals surface area contributed by atoms with Crippen LogP contribution in [0.3, 0.4) is 0 Å². The van der Waals surface area contributed by atoms with E-state index < -0.39 is 17.6 Å². The maximum absolute atomic E-state index is 12.9. The van der Waals surface area contributed by atoms with Crippen LogP contribution < -0.4 is 10.2 Å². The molecule has 1 saturated heterocycles. The summed E-state index contributed by atoms with van der Waals surface area (Å²) in [5, 5.41) is 2.56. The van der Waals surface area contributed by atoms with Crippen molar-refractivity contribution in [1.82, 2.24) is 15.2 Å². The molecule has 1 aromatic heterocycles. The number of rotatable bonds is 3. The second-order valence-corrected chi connectivity index (χ2v) is 6.31. The third-order valence-electron chi connectivity index (χ3n) is 4.56. The van der Waals surface area contributed by atoms with Gasteiger partial charge in [-0.1, -0.05) is 6.07 Å². The van der Waals surface area contributed by atoms with E-state index in [4.69, 9.17) is 0 Å². The van der Waals surface area contributed by atoms with Gasteiger partial charge in [-0.05, 0) is 30.3 Å². The summed E-state index contributed by atoms with van der Waals surface area (Å²) in [6, 6.07) is 7.76. The summed E-state index contributed by atoms with van der Waals surface area (Å²) in [6.45, 7) is 1.48. The molecule has 0 atom stereocenters. The van der Waals surface area contributed by atoms with Crippen LogP contribution >= 0.6 is 0 Å². The molecule has 1 aliphatic rings. The number of amides is 2. The van der Waals surface area contributed by atoms with Crippen molar-refractivity contribution in [2.24, 2.45) is 0 Å². The third kappa shape index (κ3) is 4.08.